The van der Waals surface area contributed by atoms with E-state index < -0.39 is 5.82 Å². The molecule has 9 heteroatoms. The molecule has 0 aliphatic rings. The van der Waals surface area contributed by atoms with Crippen molar-refractivity contribution in [1.29, 1.82) is 0 Å². The van der Waals surface area contributed by atoms with E-state index in [9.17, 15) is 4.39 Å². The number of aromatic nitrogens is 7. The van der Waals surface area contributed by atoms with E-state index >= 15 is 4.39 Å². The molecule has 1 aromatic carbocycles. The molecule has 5 aromatic heterocycles. The zero-order valence-electron chi connectivity index (χ0n) is 21.2. The van der Waals surface area contributed by atoms with Gasteiger partial charge in [-0.15, -0.1) is 5.10 Å². The fourth-order valence-corrected chi connectivity index (χ4v) is 4.83. The molecule has 38 heavy (non-hydrogen) atoms. The summed E-state index contributed by atoms with van der Waals surface area (Å²) in [7, 11) is 0. The SMILES string of the molecule is CCC(c1ccc(F)cc1)n1cc(-c2cccc(-c3ccn4nc(-n5c(C)ccc5C)nc4c3F)n2)cn1. The maximum absolute atomic E-state index is 15.7. The van der Waals surface area contributed by atoms with Crippen molar-refractivity contribution in [1.82, 2.24) is 33.9 Å². The Morgan fingerprint density at radius 1 is 0.868 bits per heavy atom. The van der Waals surface area contributed by atoms with Gasteiger partial charge in [0.05, 0.1) is 23.6 Å². The third-order valence-electron chi connectivity index (χ3n) is 6.79. The number of hydrogen-bond donors (Lipinski definition) is 0. The van der Waals surface area contributed by atoms with Crippen LogP contribution in [-0.4, -0.2) is 33.9 Å². The maximum Gasteiger partial charge on any atom is 0.254 e. The van der Waals surface area contributed by atoms with Gasteiger partial charge in [-0.2, -0.15) is 10.1 Å². The van der Waals surface area contributed by atoms with Crippen LogP contribution < -0.4 is 0 Å². The van der Waals surface area contributed by atoms with Crippen LogP contribution in [0.25, 0.3) is 34.1 Å². The lowest BCUT2D eigenvalue weighted by molar-refractivity contribution is 0.508. The molecule has 1 unspecified atom stereocenters. The smallest absolute Gasteiger partial charge is 0.254 e. The quantitative estimate of drug-likeness (QED) is 0.263. The second-order valence-electron chi connectivity index (χ2n) is 9.27. The van der Waals surface area contributed by atoms with Gasteiger partial charge in [0.1, 0.15) is 5.82 Å². The molecule has 0 spiro atoms. The van der Waals surface area contributed by atoms with Gasteiger partial charge in [-0.1, -0.05) is 25.1 Å². The van der Waals surface area contributed by atoms with Crippen LogP contribution in [0.1, 0.15) is 36.3 Å². The Morgan fingerprint density at radius 2 is 1.61 bits per heavy atom. The monoisotopic (exact) mass is 509 g/mol. The number of pyridine rings is 2. The van der Waals surface area contributed by atoms with E-state index in [0.717, 1.165) is 28.9 Å². The summed E-state index contributed by atoms with van der Waals surface area (Å²) in [6, 6.07) is 17.5. The van der Waals surface area contributed by atoms with Crippen molar-refractivity contribution in [3.8, 4) is 28.5 Å². The number of benzene rings is 1. The Labute approximate surface area is 218 Å². The van der Waals surface area contributed by atoms with Crippen LogP contribution in [0.15, 0.2) is 79.3 Å². The topological polar surface area (TPSA) is 65.8 Å². The van der Waals surface area contributed by atoms with Crippen LogP contribution in [0, 0.1) is 25.5 Å². The fourth-order valence-electron chi connectivity index (χ4n) is 4.83. The number of halogens is 2. The molecule has 7 nitrogen and oxygen atoms in total. The Balaban J connectivity index is 1.34. The Hall–Kier alpha value is -4.66. The summed E-state index contributed by atoms with van der Waals surface area (Å²) in [5, 5.41) is 9.02. The van der Waals surface area contributed by atoms with Crippen molar-refractivity contribution >= 4 is 5.65 Å². The fraction of sp³-hybridized carbons (Fsp3) is 0.172. The molecule has 6 aromatic rings. The van der Waals surface area contributed by atoms with Gasteiger partial charge < -0.3 is 0 Å². The van der Waals surface area contributed by atoms with Crippen molar-refractivity contribution in [2.24, 2.45) is 0 Å². The van der Waals surface area contributed by atoms with Crippen molar-refractivity contribution in [2.45, 2.75) is 33.2 Å². The van der Waals surface area contributed by atoms with Gasteiger partial charge >= 0.3 is 0 Å². The van der Waals surface area contributed by atoms with E-state index in [4.69, 9.17) is 4.98 Å². The van der Waals surface area contributed by atoms with Gasteiger partial charge in [-0.3, -0.25) is 9.25 Å². The highest BCUT2D eigenvalue weighted by Crippen LogP contribution is 2.28. The molecule has 5 heterocycles. The molecule has 0 N–H and O–H groups in total. The molecule has 0 aliphatic heterocycles. The Bertz CT molecular complexity index is 1740. The van der Waals surface area contributed by atoms with E-state index in [0.29, 0.717) is 22.9 Å². The minimum absolute atomic E-state index is 0.0397. The minimum Gasteiger partial charge on any atom is -0.286 e. The van der Waals surface area contributed by atoms with E-state index in [-0.39, 0.29) is 17.5 Å². The van der Waals surface area contributed by atoms with Crippen molar-refractivity contribution in [3.05, 3.63) is 108 Å². The van der Waals surface area contributed by atoms with Crippen molar-refractivity contribution in [2.75, 3.05) is 0 Å². The first kappa shape index (κ1) is 23.7. The van der Waals surface area contributed by atoms with E-state index in [1.807, 2.05) is 53.6 Å². The largest absolute Gasteiger partial charge is 0.286 e. The number of nitrogens with zero attached hydrogens (tertiary/aromatic N) is 7. The molecule has 190 valence electrons. The summed E-state index contributed by atoms with van der Waals surface area (Å²) in [5.41, 5.74) is 5.34. The van der Waals surface area contributed by atoms with Crippen LogP contribution in [0.2, 0.25) is 0 Å². The Kier molecular flexibility index (Phi) is 5.83. The summed E-state index contributed by atoms with van der Waals surface area (Å²) in [6.45, 7) is 5.98. The second-order valence-corrected chi connectivity index (χ2v) is 9.27. The summed E-state index contributed by atoms with van der Waals surface area (Å²) in [4.78, 5) is 9.23. The Morgan fingerprint density at radius 3 is 2.34 bits per heavy atom. The van der Waals surface area contributed by atoms with Crippen LogP contribution in [-0.2, 0) is 0 Å². The van der Waals surface area contributed by atoms with Crippen molar-refractivity contribution in [3.63, 3.8) is 0 Å². The zero-order valence-corrected chi connectivity index (χ0v) is 21.2. The molecule has 0 amide bonds. The molecule has 0 saturated carbocycles. The van der Waals surface area contributed by atoms with Crippen LogP contribution in [0.5, 0.6) is 0 Å². The first-order valence-electron chi connectivity index (χ1n) is 12.4. The van der Waals surface area contributed by atoms with Crippen LogP contribution in [0.4, 0.5) is 8.78 Å². The lowest BCUT2D eigenvalue weighted by atomic mass is 10.0. The molecular weight excluding hydrogens is 484 g/mol. The summed E-state index contributed by atoms with van der Waals surface area (Å²) >= 11 is 0. The molecule has 6 rings (SSSR count). The summed E-state index contributed by atoms with van der Waals surface area (Å²) in [6.07, 6.45) is 6.13. The maximum atomic E-state index is 15.7. The van der Waals surface area contributed by atoms with Gasteiger partial charge in [0.2, 0.25) is 0 Å². The normalized spacial score (nSPS) is 12.3. The first-order valence-corrected chi connectivity index (χ1v) is 12.4. The van der Waals surface area contributed by atoms with E-state index in [2.05, 4.69) is 22.1 Å². The predicted octanol–water partition coefficient (Wildman–Crippen LogP) is 6.34. The lowest BCUT2D eigenvalue weighted by Gasteiger charge is -2.16. The summed E-state index contributed by atoms with van der Waals surface area (Å²) in [5.74, 6) is -0.341. The van der Waals surface area contributed by atoms with Gasteiger partial charge in [-0.05, 0) is 68.3 Å². The van der Waals surface area contributed by atoms with Gasteiger partial charge in [0, 0.05) is 34.9 Å². The number of aryl methyl sites for hydroxylation is 2. The minimum atomic E-state index is -0.489. The first-order chi connectivity index (χ1) is 18.4. The highest BCUT2D eigenvalue weighted by atomic mass is 19.1. The lowest BCUT2D eigenvalue weighted by Crippen LogP contribution is -2.10. The van der Waals surface area contributed by atoms with Gasteiger partial charge in [0.15, 0.2) is 11.5 Å². The standard InChI is InChI=1S/C29H25F2N7/c1-4-26(20-10-12-22(30)13-11-20)37-17-21(16-32-37)24-6-5-7-25(33-24)23-14-15-36-28(27(23)31)34-29(35-36)38-18(2)8-9-19(38)3/h5-17,26H,4H2,1-3H3. The average molecular weight is 510 g/mol. The molecule has 0 radical (unpaired) electrons. The third kappa shape index (κ3) is 4.06. The van der Waals surface area contributed by atoms with Gasteiger partial charge in [-0.25, -0.2) is 18.3 Å². The van der Waals surface area contributed by atoms with E-state index in [1.165, 1.54) is 16.6 Å². The molecule has 0 aliphatic carbocycles. The van der Waals surface area contributed by atoms with Crippen LogP contribution >= 0.6 is 0 Å². The van der Waals surface area contributed by atoms with Crippen molar-refractivity contribution < 1.29 is 8.78 Å². The predicted molar refractivity (Wildman–Crippen MR) is 141 cm³/mol. The number of hydrogen-bond acceptors (Lipinski definition) is 4. The average Bonchev–Trinajstić information content (AvgIpc) is 3.65. The van der Waals surface area contributed by atoms with Crippen LogP contribution in [0.3, 0.4) is 0 Å². The second kappa shape index (κ2) is 9.33. The highest BCUT2D eigenvalue weighted by Gasteiger charge is 2.18. The summed E-state index contributed by atoms with van der Waals surface area (Å²) < 4.78 is 34.3. The molecular formula is C29H25F2N7. The number of rotatable bonds is 6. The zero-order chi connectivity index (χ0) is 26.4. The molecule has 0 fully saturated rings. The number of fused-ring (bicyclic) bond motifs is 1. The molecule has 1 atom stereocenters. The van der Waals surface area contributed by atoms with E-state index in [1.54, 1.807) is 36.7 Å². The van der Waals surface area contributed by atoms with Gasteiger partial charge in [0.25, 0.3) is 5.95 Å². The highest BCUT2D eigenvalue weighted by molar-refractivity contribution is 5.69. The molecule has 0 bridgehead atoms. The molecule has 0 saturated heterocycles. The third-order valence-corrected chi connectivity index (χ3v) is 6.79.